The number of rotatable bonds is 6. The second-order valence-electron chi connectivity index (χ2n) is 3.48. The normalized spacial score (nSPS) is 11.6. The van der Waals surface area contributed by atoms with Crippen LogP contribution in [0.5, 0.6) is 6.01 Å². The molecule has 0 fully saturated rings. The van der Waals surface area contributed by atoms with Crippen molar-refractivity contribution in [2.45, 2.75) is 19.9 Å². The van der Waals surface area contributed by atoms with Crippen LogP contribution in [0.15, 0.2) is 0 Å². The molecule has 0 spiro atoms. The summed E-state index contributed by atoms with van der Waals surface area (Å²) in [5.41, 5.74) is 0. The largest absolute Gasteiger partial charge is 0.467 e. The summed E-state index contributed by atoms with van der Waals surface area (Å²) >= 11 is 0. The van der Waals surface area contributed by atoms with Gasteiger partial charge in [-0.25, -0.2) is 0 Å². The lowest BCUT2D eigenvalue weighted by atomic mass is 10.3. The lowest BCUT2D eigenvalue weighted by molar-refractivity contribution is -0.121. The average molecular weight is 254 g/mol. The van der Waals surface area contributed by atoms with Crippen molar-refractivity contribution >= 4 is 17.8 Å². The Labute approximate surface area is 106 Å². The number of anilines is 2. The molecule has 1 aromatic heterocycles. The van der Waals surface area contributed by atoms with Crippen molar-refractivity contribution in [3.63, 3.8) is 0 Å². The Bertz CT molecular complexity index is 411. The van der Waals surface area contributed by atoms with Gasteiger partial charge in [-0.1, -0.05) is 0 Å². The molecule has 0 aromatic carbocycles. The standard InChI is InChI=1S/C10H18N6O2/c1-5-12-8-14-9(16-10(15-8)18-4)13-6(2)7(17)11-3/h6H,5H2,1-4H3,(H,11,17)(H2,12,13,14,15,16). The van der Waals surface area contributed by atoms with E-state index in [4.69, 9.17) is 4.74 Å². The second kappa shape index (κ2) is 6.58. The predicted octanol–water partition coefficient (Wildman–Crippen LogP) is -0.142. The third-order valence-electron chi connectivity index (χ3n) is 2.12. The van der Waals surface area contributed by atoms with Crippen LogP contribution in [0.4, 0.5) is 11.9 Å². The molecule has 0 bridgehead atoms. The van der Waals surface area contributed by atoms with Crippen molar-refractivity contribution in [3.05, 3.63) is 0 Å². The first kappa shape index (κ1) is 13.9. The van der Waals surface area contributed by atoms with Crippen molar-refractivity contribution in [1.29, 1.82) is 0 Å². The van der Waals surface area contributed by atoms with Crippen LogP contribution in [0.3, 0.4) is 0 Å². The maximum atomic E-state index is 11.4. The average Bonchev–Trinajstić information content (AvgIpc) is 2.37. The van der Waals surface area contributed by atoms with Crippen LogP contribution in [0.25, 0.3) is 0 Å². The molecule has 1 amide bonds. The minimum absolute atomic E-state index is 0.153. The van der Waals surface area contributed by atoms with Gasteiger partial charge in [0.1, 0.15) is 6.04 Å². The number of nitrogens with zero attached hydrogens (tertiary/aromatic N) is 3. The topological polar surface area (TPSA) is 101 Å². The monoisotopic (exact) mass is 254 g/mol. The van der Waals surface area contributed by atoms with E-state index in [0.29, 0.717) is 12.5 Å². The first-order chi connectivity index (χ1) is 8.60. The van der Waals surface area contributed by atoms with E-state index in [0.717, 1.165) is 0 Å². The van der Waals surface area contributed by atoms with Gasteiger partial charge < -0.3 is 20.7 Å². The van der Waals surface area contributed by atoms with Gasteiger partial charge >= 0.3 is 6.01 Å². The number of amides is 1. The Morgan fingerprint density at radius 2 is 2.00 bits per heavy atom. The number of carbonyl (C=O) groups excluding carboxylic acids is 1. The zero-order valence-corrected chi connectivity index (χ0v) is 10.9. The zero-order valence-electron chi connectivity index (χ0n) is 10.9. The number of likely N-dealkylation sites (N-methyl/N-ethyl adjacent to an activating group) is 1. The number of aromatic nitrogens is 3. The molecule has 18 heavy (non-hydrogen) atoms. The van der Waals surface area contributed by atoms with Crippen molar-refractivity contribution in [2.24, 2.45) is 0 Å². The molecule has 0 aliphatic heterocycles. The summed E-state index contributed by atoms with van der Waals surface area (Å²) < 4.78 is 4.97. The van der Waals surface area contributed by atoms with Crippen LogP contribution in [0.2, 0.25) is 0 Å². The lowest BCUT2D eigenvalue weighted by Crippen LogP contribution is -2.35. The second-order valence-corrected chi connectivity index (χ2v) is 3.48. The highest BCUT2D eigenvalue weighted by Gasteiger charge is 2.13. The predicted molar refractivity (Wildman–Crippen MR) is 67.7 cm³/mol. The molecule has 3 N–H and O–H groups in total. The van der Waals surface area contributed by atoms with Gasteiger partial charge in [-0.05, 0) is 13.8 Å². The Kier molecular flexibility index (Phi) is 5.09. The number of ether oxygens (including phenoxy) is 1. The van der Waals surface area contributed by atoms with Crippen molar-refractivity contribution in [3.8, 4) is 6.01 Å². The molecule has 0 saturated carbocycles. The highest BCUT2D eigenvalue weighted by molar-refractivity contribution is 5.83. The summed E-state index contributed by atoms with van der Waals surface area (Å²) in [5.74, 6) is 0.532. The van der Waals surface area contributed by atoms with Crippen LogP contribution in [-0.2, 0) is 4.79 Å². The molecule has 0 aliphatic rings. The highest BCUT2D eigenvalue weighted by atomic mass is 16.5. The van der Waals surface area contributed by atoms with E-state index in [1.165, 1.54) is 7.11 Å². The van der Waals surface area contributed by atoms with E-state index in [9.17, 15) is 4.79 Å². The summed E-state index contributed by atoms with van der Waals surface area (Å²) in [6.45, 7) is 4.32. The third kappa shape index (κ3) is 3.72. The molecule has 8 nitrogen and oxygen atoms in total. The van der Waals surface area contributed by atoms with Gasteiger partial charge in [-0.15, -0.1) is 0 Å². The Balaban J connectivity index is 2.86. The van der Waals surface area contributed by atoms with Gasteiger partial charge in [-0.2, -0.15) is 15.0 Å². The molecule has 1 rings (SSSR count). The van der Waals surface area contributed by atoms with Gasteiger partial charge in [-0.3, -0.25) is 4.79 Å². The number of methoxy groups -OCH3 is 1. The first-order valence-corrected chi connectivity index (χ1v) is 5.62. The molecule has 1 heterocycles. The highest BCUT2D eigenvalue weighted by Crippen LogP contribution is 2.11. The molecule has 1 atom stereocenters. The fourth-order valence-corrected chi connectivity index (χ4v) is 1.23. The minimum Gasteiger partial charge on any atom is -0.467 e. The smallest absolute Gasteiger partial charge is 0.322 e. The van der Waals surface area contributed by atoms with Crippen molar-refractivity contribution < 1.29 is 9.53 Å². The quantitative estimate of drug-likeness (QED) is 0.649. The lowest BCUT2D eigenvalue weighted by Gasteiger charge is -2.13. The summed E-state index contributed by atoms with van der Waals surface area (Å²) in [6.07, 6.45) is 0. The van der Waals surface area contributed by atoms with E-state index >= 15 is 0 Å². The number of nitrogens with one attached hydrogen (secondary N) is 3. The Morgan fingerprint density at radius 3 is 2.56 bits per heavy atom. The van der Waals surface area contributed by atoms with Crippen LogP contribution in [0.1, 0.15) is 13.8 Å². The molecular formula is C10H18N6O2. The van der Waals surface area contributed by atoms with Crippen LogP contribution in [0, 0.1) is 0 Å². The molecule has 8 heteroatoms. The van der Waals surface area contributed by atoms with Crippen LogP contribution >= 0.6 is 0 Å². The zero-order chi connectivity index (χ0) is 13.5. The molecule has 0 aliphatic carbocycles. The van der Waals surface area contributed by atoms with E-state index in [1.807, 2.05) is 6.92 Å². The fraction of sp³-hybridized carbons (Fsp3) is 0.600. The minimum atomic E-state index is -0.448. The van der Waals surface area contributed by atoms with E-state index < -0.39 is 6.04 Å². The summed E-state index contributed by atoms with van der Waals surface area (Å²) in [7, 11) is 3.04. The van der Waals surface area contributed by atoms with Crippen LogP contribution < -0.4 is 20.7 Å². The molecular weight excluding hydrogens is 236 g/mol. The number of hydrogen-bond donors (Lipinski definition) is 3. The SMILES string of the molecule is CCNc1nc(NC(C)C(=O)NC)nc(OC)n1. The van der Waals surface area contributed by atoms with Gasteiger partial charge in [0.15, 0.2) is 0 Å². The van der Waals surface area contributed by atoms with Gasteiger partial charge in [0.2, 0.25) is 17.8 Å². The Morgan fingerprint density at radius 1 is 1.33 bits per heavy atom. The fourth-order valence-electron chi connectivity index (χ4n) is 1.23. The summed E-state index contributed by atoms with van der Waals surface area (Å²) in [4.78, 5) is 23.5. The maximum absolute atomic E-state index is 11.4. The molecule has 0 saturated heterocycles. The van der Waals surface area contributed by atoms with Gasteiger partial charge in [0.25, 0.3) is 0 Å². The van der Waals surface area contributed by atoms with Crippen molar-refractivity contribution in [1.82, 2.24) is 20.3 Å². The van der Waals surface area contributed by atoms with Gasteiger partial charge in [0.05, 0.1) is 7.11 Å². The third-order valence-corrected chi connectivity index (χ3v) is 2.12. The maximum Gasteiger partial charge on any atom is 0.322 e. The molecule has 0 radical (unpaired) electrons. The summed E-state index contributed by atoms with van der Waals surface area (Å²) in [5, 5.41) is 8.36. The van der Waals surface area contributed by atoms with Crippen molar-refractivity contribution in [2.75, 3.05) is 31.3 Å². The van der Waals surface area contributed by atoms with Crippen LogP contribution in [-0.4, -0.2) is 47.6 Å². The van der Waals surface area contributed by atoms with E-state index in [-0.39, 0.29) is 17.9 Å². The molecule has 100 valence electrons. The number of carbonyl (C=O) groups is 1. The molecule has 1 unspecified atom stereocenters. The Hall–Kier alpha value is -2.12. The van der Waals surface area contributed by atoms with E-state index in [1.54, 1.807) is 14.0 Å². The summed E-state index contributed by atoms with van der Waals surface area (Å²) in [6, 6.07) is -0.260. The first-order valence-electron chi connectivity index (χ1n) is 5.62. The number of hydrogen-bond acceptors (Lipinski definition) is 7. The molecule has 1 aromatic rings. The van der Waals surface area contributed by atoms with E-state index in [2.05, 4.69) is 30.9 Å². The van der Waals surface area contributed by atoms with Gasteiger partial charge in [0, 0.05) is 13.6 Å².